The summed E-state index contributed by atoms with van der Waals surface area (Å²) in [6.45, 7) is 1.20. The summed E-state index contributed by atoms with van der Waals surface area (Å²) >= 11 is 5.87. The van der Waals surface area contributed by atoms with Gasteiger partial charge >= 0.3 is 0 Å². The maximum Gasteiger partial charge on any atom is 0.129 e. The van der Waals surface area contributed by atoms with Crippen LogP contribution in [0.2, 0.25) is 0 Å². The van der Waals surface area contributed by atoms with Crippen LogP contribution in [0, 0.1) is 5.92 Å². The lowest BCUT2D eigenvalue weighted by Gasteiger charge is -2.23. The van der Waals surface area contributed by atoms with Crippen molar-refractivity contribution in [1.82, 2.24) is 4.98 Å². The third-order valence-corrected chi connectivity index (χ3v) is 3.71. The summed E-state index contributed by atoms with van der Waals surface area (Å²) in [4.78, 5) is 6.99. The Bertz CT molecular complexity index is 372. The van der Waals surface area contributed by atoms with E-state index >= 15 is 0 Å². The molecule has 0 bridgehead atoms. The van der Waals surface area contributed by atoms with E-state index in [1.54, 1.807) is 0 Å². The smallest absolute Gasteiger partial charge is 0.129 e. The lowest BCUT2D eigenvalue weighted by molar-refractivity contribution is 0.708. The first-order chi connectivity index (χ1) is 7.86. The molecular formula is C13H17ClN2. The Balaban J connectivity index is 1.79. The largest absolute Gasteiger partial charge is 0.353 e. The number of pyridine rings is 1. The number of anilines is 1. The molecule has 3 heteroatoms. The topological polar surface area (TPSA) is 16.1 Å². The standard InChI is InChI=1S/C13H17ClN2/c14-8-11-5-6-15-13(7-11)16(12-3-4-12)9-10-1-2-10/h5-7,10,12H,1-4,8-9H2. The van der Waals surface area contributed by atoms with Crippen molar-refractivity contribution in [1.29, 1.82) is 0 Å². The van der Waals surface area contributed by atoms with Crippen molar-refractivity contribution in [2.45, 2.75) is 37.6 Å². The molecule has 0 spiro atoms. The van der Waals surface area contributed by atoms with Gasteiger partial charge in [-0.3, -0.25) is 0 Å². The fourth-order valence-electron chi connectivity index (χ4n) is 2.10. The van der Waals surface area contributed by atoms with E-state index in [1.165, 1.54) is 37.8 Å². The van der Waals surface area contributed by atoms with Crippen molar-refractivity contribution in [3.63, 3.8) is 0 Å². The highest BCUT2D eigenvalue weighted by molar-refractivity contribution is 6.17. The molecule has 2 aliphatic rings. The molecule has 1 aromatic rings. The molecule has 0 atom stereocenters. The van der Waals surface area contributed by atoms with Crippen LogP contribution in [0.5, 0.6) is 0 Å². The zero-order chi connectivity index (χ0) is 11.0. The van der Waals surface area contributed by atoms with Gasteiger partial charge in [0, 0.05) is 24.7 Å². The molecule has 0 amide bonds. The van der Waals surface area contributed by atoms with Gasteiger partial charge in [-0.05, 0) is 49.3 Å². The maximum absolute atomic E-state index is 5.87. The van der Waals surface area contributed by atoms with Crippen molar-refractivity contribution in [3.05, 3.63) is 23.9 Å². The number of hydrogen-bond acceptors (Lipinski definition) is 2. The molecule has 3 rings (SSSR count). The van der Waals surface area contributed by atoms with Gasteiger partial charge in [-0.2, -0.15) is 0 Å². The molecule has 0 unspecified atom stereocenters. The van der Waals surface area contributed by atoms with Crippen LogP contribution in [0.3, 0.4) is 0 Å². The summed E-state index contributed by atoms with van der Waals surface area (Å²) in [5.41, 5.74) is 1.17. The monoisotopic (exact) mass is 236 g/mol. The number of aromatic nitrogens is 1. The summed E-state index contributed by atoms with van der Waals surface area (Å²) in [5, 5.41) is 0. The molecule has 0 radical (unpaired) electrons. The predicted octanol–water partition coefficient (Wildman–Crippen LogP) is 3.20. The Kier molecular flexibility index (Phi) is 2.76. The molecule has 2 nitrogen and oxygen atoms in total. The lowest BCUT2D eigenvalue weighted by Crippen LogP contribution is -2.28. The fourth-order valence-corrected chi connectivity index (χ4v) is 2.26. The van der Waals surface area contributed by atoms with Gasteiger partial charge in [-0.25, -0.2) is 4.98 Å². The van der Waals surface area contributed by atoms with Crippen LogP contribution in [-0.2, 0) is 5.88 Å². The molecule has 86 valence electrons. The number of hydrogen-bond donors (Lipinski definition) is 0. The molecule has 1 heterocycles. The predicted molar refractivity (Wildman–Crippen MR) is 66.9 cm³/mol. The van der Waals surface area contributed by atoms with Gasteiger partial charge in [0.1, 0.15) is 5.82 Å². The highest BCUT2D eigenvalue weighted by Crippen LogP contribution is 2.37. The zero-order valence-electron chi connectivity index (χ0n) is 9.40. The van der Waals surface area contributed by atoms with E-state index in [0.717, 1.165) is 17.8 Å². The van der Waals surface area contributed by atoms with Crippen LogP contribution in [-0.4, -0.2) is 17.6 Å². The highest BCUT2D eigenvalue weighted by Gasteiger charge is 2.34. The first kappa shape index (κ1) is 10.4. The summed E-state index contributed by atoms with van der Waals surface area (Å²) in [6.07, 6.45) is 7.35. The van der Waals surface area contributed by atoms with Gasteiger partial charge in [0.25, 0.3) is 0 Å². The summed E-state index contributed by atoms with van der Waals surface area (Å²) in [5.74, 6) is 2.63. The maximum atomic E-state index is 5.87. The van der Waals surface area contributed by atoms with Gasteiger partial charge in [-0.1, -0.05) is 0 Å². The summed E-state index contributed by atoms with van der Waals surface area (Å²) in [6, 6.07) is 4.89. The van der Waals surface area contributed by atoms with Gasteiger partial charge < -0.3 is 4.90 Å². The molecule has 0 aromatic carbocycles. The first-order valence-corrected chi connectivity index (χ1v) is 6.68. The molecule has 0 N–H and O–H groups in total. The first-order valence-electron chi connectivity index (χ1n) is 6.14. The number of nitrogens with zero attached hydrogens (tertiary/aromatic N) is 2. The number of halogens is 1. The Labute approximate surface area is 102 Å². The molecule has 0 saturated heterocycles. The third-order valence-electron chi connectivity index (χ3n) is 3.40. The zero-order valence-corrected chi connectivity index (χ0v) is 10.2. The van der Waals surface area contributed by atoms with E-state index in [-0.39, 0.29) is 0 Å². The van der Waals surface area contributed by atoms with Crippen molar-refractivity contribution < 1.29 is 0 Å². The minimum atomic E-state index is 0.581. The molecule has 1 aromatic heterocycles. The van der Waals surface area contributed by atoms with Gasteiger partial charge in [0.05, 0.1) is 0 Å². The van der Waals surface area contributed by atoms with E-state index in [4.69, 9.17) is 11.6 Å². The fraction of sp³-hybridized carbons (Fsp3) is 0.615. The SMILES string of the molecule is ClCc1ccnc(N(CC2CC2)C2CC2)c1. The average Bonchev–Trinajstić information content (AvgIpc) is 3.16. The molecule has 2 fully saturated rings. The second-order valence-corrected chi connectivity index (χ2v) is 5.25. The van der Waals surface area contributed by atoms with Crippen LogP contribution in [0.1, 0.15) is 31.2 Å². The normalized spacial score (nSPS) is 19.8. The third kappa shape index (κ3) is 2.32. The second-order valence-electron chi connectivity index (χ2n) is 4.98. The van der Waals surface area contributed by atoms with Crippen LogP contribution in [0.4, 0.5) is 5.82 Å². The number of alkyl halides is 1. The van der Waals surface area contributed by atoms with E-state index in [0.29, 0.717) is 5.88 Å². The van der Waals surface area contributed by atoms with Crippen molar-refractivity contribution >= 4 is 17.4 Å². The number of rotatable bonds is 5. The molecular weight excluding hydrogens is 220 g/mol. The minimum absolute atomic E-state index is 0.581. The van der Waals surface area contributed by atoms with Gasteiger partial charge in [0.15, 0.2) is 0 Å². The van der Waals surface area contributed by atoms with Crippen molar-refractivity contribution in [3.8, 4) is 0 Å². The Hall–Kier alpha value is -0.760. The Morgan fingerprint density at radius 1 is 1.31 bits per heavy atom. The molecule has 2 saturated carbocycles. The van der Waals surface area contributed by atoms with Gasteiger partial charge in [0.2, 0.25) is 0 Å². The van der Waals surface area contributed by atoms with E-state index in [2.05, 4.69) is 16.0 Å². The Morgan fingerprint density at radius 3 is 2.75 bits per heavy atom. The van der Waals surface area contributed by atoms with Crippen LogP contribution >= 0.6 is 11.6 Å². The van der Waals surface area contributed by atoms with E-state index in [1.807, 2.05) is 12.3 Å². The van der Waals surface area contributed by atoms with Crippen molar-refractivity contribution in [2.24, 2.45) is 5.92 Å². The lowest BCUT2D eigenvalue weighted by atomic mass is 10.2. The quantitative estimate of drug-likeness (QED) is 0.730. The second kappa shape index (κ2) is 4.25. The van der Waals surface area contributed by atoms with E-state index < -0.39 is 0 Å². The van der Waals surface area contributed by atoms with Crippen LogP contribution in [0.25, 0.3) is 0 Å². The highest BCUT2D eigenvalue weighted by atomic mass is 35.5. The van der Waals surface area contributed by atoms with Gasteiger partial charge in [-0.15, -0.1) is 11.6 Å². The minimum Gasteiger partial charge on any atom is -0.353 e. The molecule has 0 aliphatic heterocycles. The Morgan fingerprint density at radius 2 is 2.12 bits per heavy atom. The van der Waals surface area contributed by atoms with Crippen LogP contribution in [0.15, 0.2) is 18.3 Å². The van der Waals surface area contributed by atoms with Crippen molar-refractivity contribution in [2.75, 3.05) is 11.4 Å². The summed E-state index contributed by atoms with van der Waals surface area (Å²) in [7, 11) is 0. The molecule has 16 heavy (non-hydrogen) atoms. The molecule has 2 aliphatic carbocycles. The van der Waals surface area contributed by atoms with Crippen LogP contribution < -0.4 is 4.90 Å². The summed E-state index contributed by atoms with van der Waals surface area (Å²) < 4.78 is 0. The van der Waals surface area contributed by atoms with E-state index in [9.17, 15) is 0 Å². The average molecular weight is 237 g/mol.